The molecule has 0 spiro atoms. The lowest BCUT2D eigenvalue weighted by atomic mass is 9.92. The number of halogens is 2. The average molecular weight is 507 g/mol. The molecule has 0 bridgehead atoms. The second-order valence-electron chi connectivity index (χ2n) is 9.88. The van der Waals surface area contributed by atoms with Crippen molar-refractivity contribution in [3.05, 3.63) is 46.8 Å². The highest BCUT2D eigenvalue weighted by Gasteiger charge is 2.49. The molecule has 2 aliphatic carbocycles. The van der Waals surface area contributed by atoms with Gasteiger partial charge in [0.25, 0.3) is 5.91 Å². The van der Waals surface area contributed by atoms with E-state index in [0.717, 1.165) is 18.5 Å². The van der Waals surface area contributed by atoms with Gasteiger partial charge in [-0.1, -0.05) is 23.4 Å². The molecule has 1 amide bonds. The molecule has 3 N–H and O–H groups in total. The van der Waals surface area contributed by atoms with Crippen molar-refractivity contribution in [3.8, 4) is 11.8 Å². The molecule has 2 saturated carbocycles. The van der Waals surface area contributed by atoms with E-state index in [1.807, 2.05) is 13.8 Å². The molecule has 2 unspecified atom stereocenters. The monoisotopic (exact) mass is 506 g/mol. The number of fused-ring (bicyclic) bond motifs is 1. The van der Waals surface area contributed by atoms with Crippen LogP contribution in [-0.2, 0) is 18.9 Å². The summed E-state index contributed by atoms with van der Waals surface area (Å²) < 4.78 is 28.7. The van der Waals surface area contributed by atoms with Gasteiger partial charge in [-0.2, -0.15) is 0 Å². The molecule has 7 nitrogen and oxygen atoms in total. The number of amides is 1. The Bertz CT molecular complexity index is 1170. The number of carbonyl (C=O) groups is 1. The molecular formula is C24H28ClFN4O3S. The van der Waals surface area contributed by atoms with Crippen LogP contribution in [0.5, 0.6) is 0 Å². The smallest absolute Gasteiger partial charge is 0.274 e. The van der Waals surface area contributed by atoms with Crippen LogP contribution in [-0.4, -0.2) is 35.9 Å². The Kier molecular flexibility index (Phi) is 6.89. The number of hydrogen-bond donors (Lipinski definition) is 4. The Morgan fingerprint density at radius 3 is 2.65 bits per heavy atom. The third-order valence-electron chi connectivity index (χ3n) is 6.72. The number of rotatable bonds is 5. The lowest BCUT2D eigenvalue weighted by Crippen LogP contribution is -2.35. The van der Waals surface area contributed by atoms with E-state index in [4.69, 9.17) is 11.6 Å². The minimum absolute atomic E-state index is 0.0611. The summed E-state index contributed by atoms with van der Waals surface area (Å²) in [5.41, 5.74) is -0.124. The first kappa shape index (κ1) is 24.9. The summed E-state index contributed by atoms with van der Waals surface area (Å²) >= 11 is 5.64. The molecule has 4 rings (SSSR count). The summed E-state index contributed by atoms with van der Waals surface area (Å²) in [4.78, 5) is 17.6. The van der Waals surface area contributed by atoms with Gasteiger partial charge in [0.1, 0.15) is 17.1 Å². The van der Waals surface area contributed by atoms with Gasteiger partial charge in [-0.3, -0.25) is 4.79 Å². The Balaban J connectivity index is 1.46. The Labute approximate surface area is 207 Å². The van der Waals surface area contributed by atoms with E-state index in [2.05, 4.69) is 26.9 Å². The van der Waals surface area contributed by atoms with Crippen LogP contribution in [0, 0.1) is 29.5 Å². The number of benzene rings is 1. The molecule has 182 valence electrons. The van der Waals surface area contributed by atoms with Gasteiger partial charge in [-0.25, -0.2) is 18.3 Å². The standard InChI is InChI=1S/C24H28ClFN4O3S/c1-23(2,29-34-33)6-7-24(32)11-15-8-14(9-16(15)12-24)20-21(30(3)13-27-20)22(31)28-17-4-5-19(26)18(25)10-17/h4-5,10,13-16,32,34H,8-9,11-12H2,1-3H3,(H,28,31)(H,29,33). The molecule has 34 heavy (non-hydrogen) atoms. The van der Waals surface area contributed by atoms with Gasteiger partial charge in [0, 0.05) is 18.7 Å². The Morgan fingerprint density at radius 2 is 2.03 bits per heavy atom. The fraction of sp³-hybridized carbons (Fsp3) is 0.500. The third kappa shape index (κ3) is 5.20. The van der Waals surface area contributed by atoms with Crippen LogP contribution in [0.1, 0.15) is 61.6 Å². The fourth-order valence-corrected chi connectivity index (χ4v) is 5.66. The van der Waals surface area contributed by atoms with Crippen molar-refractivity contribution in [1.82, 2.24) is 14.3 Å². The molecule has 2 fully saturated rings. The number of aromatic nitrogens is 2. The third-order valence-corrected chi connectivity index (χ3v) is 7.66. The number of thiol groups is 1. The maximum absolute atomic E-state index is 13.4. The molecule has 1 aromatic heterocycles. The molecule has 0 saturated heterocycles. The molecule has 2 aliphatic rings. The first-order valence-electron chi connectivity index (χ1n) is 11.1. The van der Waals surface area contributed by atoms with Crippen LogP contribution < -0.4 is 10.0 Å². The largest absolute Gasteiger partial charge is 0.378 e. The van der Waals surface area contributed by atoms with Gasteiger partial charge in [-0.15, -0.1) is 0 Å². The summed E-state index contributed by atoms with van der Waals surface area (Å²) in [6.07, 6.45) is 4.39. The molecule has 1 aromatic carbocycles. The second-order valence-corrected chi connectivity index (χ2v) is 10.7. The normalized spacial score (nSPS) is 26.1. The summed E-state index contributed by atoms with van der Waals surface area (Å²) in [6.45, 7) is 3.63. The summed E-state index contributed by atoms with van der Waals surface area (Å²) in [5, 5.41) is 13.8. The minimum atomic E-state index is -1.06. The number of carbonyl (C=O) groups excluding carboxylic acids is 1. The quantitative estimate of drug-likeness (QED) is 0.369. The van der Waals surface area contributed by atoms with Gasteiger partial charge in [-0.05, 0) is 69.6 Å². The number of nitrogens with zero attached hydrogens (tertiary/aromatic N) is 2. The predicted octanol–water partition coefficient (Wildman–Crippen LogP) is 3.33. The number of anilines is 1. The lowest BCUT2D eigenvalue weighted by Gasteiger charge is -2.21. The maximum Gasteiger partial charge on any atom is 0.274 e. The van der Waals surface area contributed by atoms with Crippen molar-refractivity contribution in [1.29, 1.82) is 0 Å². The highest BCUT2D eigenvalue weighted by atomic mass is 35.5. The summed E-state index contributed by atoms with van der Waals surface area (Å²) in [6, 6.07) is 4.05. The van der Waals surface area contributed by atoms with Crippen LogP contribution in [0.2, 0.25) is 5.02 Å². The average Bonchev–Trinajstić information content (AvgIpc) is 3.40. The van der Waals surface area contributed by atoms with E-state index in [1.165, 1.54) is 18.2 Å². The number of imidazole rings is 1. The molecule has 2 aromatic rings. The van der Waals surface area contributed by atoms with Gasteiger partial charge in [0.05, 0.1) is 34.4 Å². The summed E-state index contributed by atoms with van der Waals surface area (Å²) in [7, 11) is 1.77. The van der Waals surface area contributed by atoms with Crippen molar-refractivity contribution in [3.63, 3.8) is 0 Å². The number of nitrogens with one attached hydrogen (secondary N) is 2. The van der Waals surface area contributed by atoms with Crippen molar-refractivity contribution >= 4 is 35.0 Å². The highest BCUT2D eigenvalue weighted by Crippen LogP contribution is 2.53. The lowest BCUT2D eigenvalue weighted by molar-refractivity contribution is 0.0977. The summed E-state index contributed by atoms with van der Waals surface area (Å²) in [5.74, 6) is 5.82. The predicted molar refractivity (Wildman–Crippen MR) is 130 cm³/mol. The van der Waals surface area contributed by atoms with Crippen molar-refractivity contribution in [2.75, 3.05) is 5.32 Å². The van der Waals surface area contributed by atoms with E-state index in [1.54, 1.807) is 17.9 Å². The van der Waals surface area contributed by atoms with Gasteiger partial charge >= 0.3 is 0 Å². The van der Waals surface area contributed by atoms with Crippen molar-refractivity contribution < 1.29 is 18.5 Å². The first-order chi connectivity index (χ1) is 16.0. The SMILES string of the molecule is Cn1cnc(C2CC3CC(O)(C#CC(C)(C)N[SH]=O)CC3C2)c1C(=O)Nc1ccc(F)c(Cl)c1. The van der Waals surface area contributed by atoms with E-state index in [-0.39, 0.29) is 40.5 Å². The van der Waals surface area contributed by atoms with Crippen molar-refractivity contribution in [2.24, 2.45) is 18.9 Å². The molecule has 10 heteroatoms. The number of hydrogen-bond acceptors (Lipinski definition) is 4. The maximum atomic E-state index is 13.4. The van der Waals surface area contributed by atoms with E-state index < -0.39 is 17.0 Å². The van der Waals surface area contributed by atoms with Crippen molar-refractivity contribution in [2.45, 2.75) is 56.6 Å². The zero-order valence-electron chi connectivity index (χ0n) is 19.2. The Morgan fingerprint density at radius 1 is 1.35 bits per heavy atom. The van der Waals surface area contributed by atoms with Gasteiger partial charge in [0.2, 0.25) is 0 Å². The molecular weight excluding hydrogens is 479 g/mol. The van der Waals surface area contributed by atoms with Crippen LogP contribution in [0.15, 0.2) is 24.5 Å². The van der Waals surface area contributed by atoms with Crippen LogP contribution in [0.3, 0.4) is 0 Å². The fourth-order valence-electron chi connectivity index (χ4n) is 5.19. The van der Waals surface area contributed by atoms with E-state index in [9.17, 15) is 18.5 Å². The zero-order chi connectivity index (χ0) is 24.7. The topological polar surface area (TPSA) is 96.2 Å². The van der Waals surface area contributed by atoms with Crippen LogP contribution >= 0.6 is 11.6 Å². The number of aliphatic hydroxyl groups is 1. The van der Waals surface area contributed by atoms with E-state index >= 15 is 0 Å². The van der Waals surface area contributed by atoms with E-state index in [0.29, 0.717) is 24.2 Å². The minimum Gasteiger partial charge on any atom is -0.378 e. The molecule has 0 radical (unpaired) electrons. The van der Waals surface area contributed by atoms with Gasteiger partial charge < -0.3 is 15.0 Å². The molecule has 2 atom stereocenters. The first-order valence-corrected chi connectivity index (χ1v) is 12.3. The van der Waals surface area contributed by atoms with Crippen LogP contribution in [0.4, 0.5) is 10.1 Å². The highest BCUT2D eigenvalue weighted by molar-refractivity contribution is 7.63. The number of aryl methyl sites for hydroxylation is 1. The molecule has 1 heterocycles. The second kappa shape index (κ2) is 9.42. The molecule has 0 aliphatic heterocycles. The Hall–Kier alpha value is -2.25. The van der Waals surface area contributed by atoms with Crippen LogP contribution in [0.25, 0.3) is 0 Å². The zero-order valence-corrected chi connectivity index (χ0v) is 20.9. The van der Waals surface area contributed by atoms with Gasteiger partial charge in [0.15, 0.2) is 0 Å².